The Labute approximate surface area is 197 Å². The maximum atomic E-state index is 12.8. The molecule has 2 heterocycles. The Morgan fingerprint density at radius 3 is 2.42 bits per heavy atom. The fraction of sp³-hybridized carbons (Fsp3) is 0.682. The zero-order valence-corrected chi connectivity index (χ0v) is 20.1. The molecule has 7 nitrogen and oxygen atoms in total. The van der Waals surface area contributed by atoms with Crippen molar-refractivity contribution < 1.29 is 14.3 Å². The molecule has 0 amide bonds. The summed E-state index contributed by atoms with van der Waals surface area (Å²) in [6.45, 7) is 7.74. The molecule has 176 valence electrons. The second-order valence-electron chi connectivity index (χ2n) is 8.47. The fourth-order valence-electron chi connectivity index (χ4n) is 4.46. The predicted molar refractivity (Wildman–Crippen MR) is 127 cm³/mol. The van der Waals surface area contributed by atoms with E-state index < -0.39 is 17.5 Å². The lowest BCUT2D eigenvalue weighted by atomic mass is 9.71. The van der Waals surface area contributed by atoms with Crippen molar-refractivity contribution in [1.82, 2.24) is 9.88 Å². The molecule has 1 aliphatic carbocycles. The van der Waals surface area contributed by atoms with Gasteiger partial charge >= 0.3 is 11.9 Å². The topological polar surface area (TPSA) is 88.8 Å². The van der Waals surface area contributed by atoms with Crippen molar-refractivity contribution in [3.63, 3.8) is 0 Å². The minimum atomic E-state index is -1.09. The van der Waals surface area contributed by atoms with Gasteiger partial charge in [-0.1, -0.05) is 20.3 Å². The fourth-order valence-corrected chi connectivity index (χ4v) is 4.46. The summed E-state index contributed by atoms with van der Waals surface area (Å²) in [5.41, 5.74) is 6.67. The molecule has 3 atom stereocenters. The van der Waals surface area contributed by atoms with Gasteiger partial charge in [-0.25, -0.2) is 4.79 Å². The molecule has 1 saturated carbocycles. The van der Waals surface area contributed by atoms with Crippen LogP contribution in [0.2, 0.25) is 0 Å². The molecule has 0 bridgehead atoms. The standard InChI is InChI=1S/C22H34N4O3.2ClH/c1-3-4-5-20(27)29-21(28)22(23)16-19(7-6-17(22)2)26-14-12-25(13-15-26)18-8-10-24-11-9-18;;/h8-11,17,19H,3-7,12-16,23H2,1-2H3;2*1H. The minimum absolute atomic E-state index is 0. The van der Waals surface area contributed by atoms with Crippen LogP contribution in [0.3, 0.4) is 0 Å². The molecule has 1 aromatic heterocycles. The normalized spacial score (nSPS) is 26.4. The number of ether oxygens (including phenoxy) is 1. The van der Waals surface area contributed by atoms with Crippen LogP contribution in [0, 0.1) is 5.92 Å². The average Bonchev–Trinajstić information content (AvgIpc) is 2.75. The number of aromatic nitrogens is 1. The third-order valence-electron chi connectivity index (χ3n) is 6.57. The molecule has 3 unspecified atom stereocenters. The van der Waals surface area contributed by atoms with E-state index in [4.69, 9.17) is 10.5 Å². The van der Waals surface area contributed by atoms with E-state index in [-0.39, 0.29) is 43.2 Å². The van der Waals surface area contributed by atoms with Crippen LogP contribution in [0.15, 0.2) is 24.5 Å². The van der Waals surface area contributed by atoms with Crippen molar-refractivity contribution in [3.8, 4) is 0 Å². The molecule has 31 heavy (non-hydrogen) atoms. The van der Waals surface area contributed by atoms with Gasteiger partial charge in [0.15, 0.2) is 0 Å². The Morgan fingerprint density at radius 2 is 1.81 bits per heavy atom. The van der Waals surface area contributed by atoms with Crippen molar-refractivity contribution in [2.75, 3.05) is 31.1 Å². The number of anilines is 1. The number of nitrogens with zero attached hydrogens (tertiary/aromatic N) is 3. The summed E-state index contributed by atoms with van der Waals surface area (Å²) in [5.74, 6) is -1.00. The molecule has 1 aliphatic heterocycles. The van der Waals surface area contributed by atoms with Crippen LogP contribution >= 0.6 is 24.8 Å². The van der Waals surface area contributed by atoms with E-state index in [0.717, 1.165) is 51.9 Å². The molecule has 0 aromatic carbocycles. The molecule has 0 radical (unpaired) electrons. The number of nitrogens with two attached hydrogens (primary N) is 1. The zero-order chi connectivity index (χ0) is 20.9. The lowest BCUT2D eigenvalue weighted by molar-refractivity contribution is -0.167. The SMILES string of the molecule is CCCCC(=O)OC(=O)C1(N)CC(N2CCN(c3ccncc3)CC2)CCC1C.Cl.Cl. The molecule has 2 fully saturated rings. The number of rotatable bonds is 6. The van der Waals surface area contributed by atoms with Gasteiger partial charge < -0.3 is 15.4 Å². The first kappa shape index (κ1) is 27.6. The Kier molecular flexibility index (Phi) is 11.2. The number of pyridine rings is 1. The van der Waals surface area contributed by atoms with Gasteiger partial charge in [-0.2, -0.15) is 0 Å². The summed E-state index contributed by atoms with van der Waals surface area (Å²) in [7, 11) is 0. The van der Waals surface area contributed by atoms with Crippen LogP contribution in [0.5, 0.6) is 0 Å². The van der Waals surface area contributed by atoms with E-state index >= 15 is 0 Å². The lowest BCUT2D eigenvalue weighted by Crippen LogP contribution is -2.62. The van der Waals surface area contributed by atoms with Gasteiger partial charge in [0.2, 0.25) is 0 Å². The number of hydrogen-bond donors (Lipinski definition) is 1. The smallest absolute Gasteiger partial charge is 0.334 e. The highest BCUT2D eigenvalue weighted by atomic mass is 35.5. The summed E-state index contributed by atoms with van der Waals surface area (Å²) in [6, 6.07) is 4.32. The molecular formula is C22H36Cl2N4O3. The first-order chi connectivity index (χ1) is 13.9. The van der Waals surface area contributed by atoms with Crippen molar-refractivity contribution in [3.05, 3.63) is 24.5 Å². The molecule has 2 N–H and O–H groups in total. The number of esters is 2. The monoisotopic (exact) mass is 474 g/mol. The van der Waals surface area contributed by atoms with Crippen molar-refractivity contribution in [2.24, 2.45) is 11.7 Å². The van der Waals surface area contributed by atoms with Crippen LogP contribution in [0.25, 0.3) is 0 Å². The van der Waals surface area contributed by atoms with E-state index in [1.165, 1.54) is 5.69 Å². The number of carbonyl (C=O) groups is 2. The van der Waals surface area contributed by atoms with Crippen LogP contribution < -0.4 is 10.6 Å². The van der Waals surface area contributed by atoms with Crippen LogP contribution in [0.1, 0.15) is 52.4 Å². The predicted octanol–water partition coefficient (Wildman–Crippen LogP) is 3.19. The molecular weight excluding hydrogens is 439 g/mol. The second-order valence-corrected chi connectivity index (χ2v) is 8.47. The highest BCUT2D eigenvalue weighted by Crippen LogP contribution is 2.36. The number of unbranched alkanes of at least 4 members (excludes halogenated alkanes) is 1. The lowest BCUT2D eigenvalue weighted by Gasteiger charge is -2.47. The maximum Gasteiger partial charge on any atom is 0.334 e. The molecule has 1 saturated heterocycles. The quantitative estimate of drug-likeness (QED) is 0.499. The third-order valence-corrected chi connectivity index (χ3v) is 6.57. The largest absolute Gasteiger partial charge is 0.392 e. The van der Waals surface area contributed by atoms with E-state index in [0.29, 0.717) is 6.42 Å². The first-order valence-corrected chi connectivity index (χ1v) is 10.9. The van der Waals surface area contributed by atoms with Crippen LogP contribution in [0.4, 0.5) is 5.69 Å². The second kappa shape index (κ2) is 12.6. The third kappa shape index (κ3) is 6.78. The van der Waals surface area contributed by atoms with Gasteiger partial charge in [-0.15, -0.1) is 24.8 Å². The van der Waals surface area contributed by atoms with Gasteiger partial charge in [0.25, 0.3) is 0 Å². The number of halogens is 2. The number of carbonyl (C=O) groups excluding carboxylic acids is 2. The van der Waals surface area contributed by atoms with E-state index in [1.807, 2.05) is 38.4 Å². The van der Waals surface area contributed by atoms with E-state index in [9.17, 15) is 9.59 Å². The van der Waals surface area contributed by atoms with Crippen molar-refractivity contribution in [2.45, 2.75) is 64.0 Å². The zero-order valence-electron chi connectivity index (χ0n) is 18.5. The molecule has 0 spiro atoms. The van der Waals surface area contributed by atoms with Gasteiger partial charge in [0.05, 0.1) is 0 Å². The van der Waals surface area contributed by atoms with Crippen LogP contribution in [-0.4, -0.2) is 59.6 Å². The molecule has 9 heteroatoms. The summed E-state index contributed by atoms with van der Waals surface area (Å²) in [5, 5.41) is 0. The van der Waals surface area contributed by atoms with Crippen molar-refractivity contribution >= 4 is 42.4 Å². The summed E-state index contributed by atoms with van der Waals surface area (Å²) in [6.07, 6.45) is 7.96. The van der Waals surface area contributed by atoms with Gasteiger partial charge in [-0.3, -0.25) is 14.7 Å². The summed E-state index contributed by atoms with van der Waals surface area (Å²) in [4.78, 5) is 33.6. The first-order valence-electron chi connectivity index (χ1n) is 10.9. The average molecular weight is 475 g/mol. The van der Waals surface area contributed by atoms with Gasteiger partial charge in [0, 0.05) is 56.7 Å². The summed E-state index contributed by atoms with van der Waals surface area (Å²) >= 11 is 0. The van der Waals surface area contributed by atoms with Gasteiger partial charge in [0.1, 0.15) is 5.54 Å². The van der Waals surface area contributed by atoms with E-state index in [1.54, 1.807) is 0 Å². The summed E-state index contributed by atoms with van der Waals surface area (Å²) < 4.78 is 5.14. The highest BCUT2D eigenvalue weighted by Gasteiger charge is 2.48. The maximum absolute atomic E-state index is 12.8. The Morgan fingerprint density at radius 1 is 1.16 bits per heavy atom. The van der Waals surface area contributed by atoms with E-state index in [2.05, 4.69) is 14.8 Å². The Bertz CT molecular complexity index is 701. The van der Waals surface area contributed by atoms with Gasteiger partial charge in [-0.05, 0) is 43.7 Å². The highest BCUT2D eigenvalue weighted by molar-refractivity contribution is 5.91. The van der Waals surface area contributed by atoms with Crippen molar-refractivity contribution in [1.29, 1.82) is 0 Å². The Hall–Kier alpha value is -1.41. The number of hydrogen-bond acceptors (Lipinski definition) is 7. The number of piperazine rings is 1. The Balaban J connectivity index is 0.00000240. The minimum Gasteiger partial charge on any atom is -0.392 e. The molecule has 3 rings (SSSR count). The van der Waals surface area contributed by atoms with Crippen LogP contribution in [-0.2, 0) is 14.3 Å². The molecule has 2 aliphatic rings. The molecule has 1 aromatic rings.